The summed E-state index contributed by atoms with van der Waals surface area (Å²) in [6.45, 7) is 2.42. The minimum atomic E-state index is -4.18. The molecule has 2 unspecified atom stereocenters. The monoisotopic (exact) mass is 423 g/mol. The maximum Gasteiger partial charge on any atom is 1.00 e. The van der Waals surface area contributed by atoms with Crippen molar-refractivity contribution in [3.63, 3.8) is 0 Å². The molecule has 0 spiro atoms. The fourth-order valence-electron chi connectivity index (χ4n) is 2.45. The van der Waals surface area contributed by atoms with Crippen LogP contribution >= 0.6 is 19.2 Å². The van der Waals surface area contributed by atoms with E-state index in [2.05, 4.69) is 5.32 Å². The van der Waals surface area contributed by atoms with E-state index in [-0.39, 0.29) is 37.0 Å². The Morgan fingerprint density at radius 1 is 1.22 bits per heavy atom. The Labute approximate surface area is 187 Å². The summed E-state index contributed by atoms with van der Waals surface area (Å²) in [5.41, 5.74) is 1.81. The fraction of sp³-hybridized carbons (Fsp3) is 0.333. The van der Waals surface area contributed by atoms with Crippen LogP contribution in [0.1, 0.15) is 25.6 Å². The van der Waals surface area contributed by atoms with Crippen molar-refractivity contribution in [1.82, 2.24) is 5.32 Å². The van der Waals surface area contributed by atoms with Crippen LogP contribution in [-0.2, 0) is 11.0 Å². The van der Waals surface area contributed by atoms with Crippen molar-refractivity contribution >= 4 is 19.2 Å². The minimum Gasteiger partial charge on any atom is -1.00 e. The van der Waals surface area contributed by atoms with E-state index in [0.717, 1.165) is 17.5 Å². The van der Waals surface area contributed by atoms with Crippen molar-refractivity contribution in [3.05, 3.63) is 64.7 Å². The summed E-state index contributed by atoms with van der Waals surface area (Å²) in [4.78, 5) is 17.6. The van der Waals surface area contributed by atoms with Gasteiger partial charge in [-0.25, -0.2) is 0 Å². The standard InChI is InChI=1S/C18H23ClNO5P.Na.H/c1-13(20-11-18(21)15-3-2-4-16(19)10-15)9-14-5-7-17(8-6-14)25-12-26(22,23)24;;/h2-8,10,13,18,20-21H,9,11-12H2,1H3,(H2,22,23,24);;/q;+1;-1. The number of rotatable bonds is 9. The summed E-state index contributed by atoms with van der Waals surface area (Å²) in [6, 6.07) is 14.3. The van der Waals surface area contributed by atoms with Gasteiger partial charge in [0.2, 0.25) is 0 Å². The molecule has 0 aliphatic rings. The van der Waals surface area contributed by atoms with Crippen LogP contribution in [0.5, 0.6) is 5.75 Å². The molecular weight excluding hydrogens is 400 g/mol. The summed E-state index contributed by atoms with van der Waals surface area (Å²) >= 11 is 5.93. The molecule has 2 aromatic carbocycles. The first-order valence-corrected chi connectivity index (χ1v) is 10.3. The van der Waals surface area contributed by atoms with Gasteiger partial charge in [0.1, 0.15) is 5.75 Å². The van der Waals surface area contributed by atoms with Crippen molar-refractivity contribution < 1.29 is 55.2 Å². The van der Waals surface area contributed by atoms with E-state index >= 15 is 0 Å². The first-order valence-electron chi connectivity index (χ1n) is 8.16. The zero-order valence-electron chi connectivity index (χ0n) is 16.4. The number of halogens is 1. The molecule has 0 aromatic heterocycles. The van der Waals surface area contributed by atoms with Crippen LogP contribution < -0.4 is 39.6 Å². The number of benzene rings is 2. The van der Waals surface area contributed by atoms with E-state index in [1.54, 1.807) is 30.3 Å². The predicted molar refractivity (Wildman–Crippen MR) is 103 cm³/mol. The van der Waals surface area contributed by atoms with Crippen LogP contribution in [0.15, 0.2) is 48.5 Å². The van der Waals surface area contributed by atoms with Gasteiger partial charge in [-0.15, -0.1) is 0 Å². The van der Waals surface area contributed by atoms with Crippen molar-refractivity contribution in [2.75, 3.05) is 12.9 Å². The molecule has 0 radical (unpaired) electrons. The van der Waals surface area contributed by atoms with Crippen LogP contribution in [0, 0.1) is 0 Å². The molecule has 0 aliphatic heterocycles. The number of aliphatic hydroxyl groups is 1. The van der Waals surface area contributed by atoms with Gasteiger partial charge >= 0.3 is 37.2 Å². The molecule has 27 heavy (non-hydrogen) atoms. The Morgan fingerprint density at radius 3 is 2.48 bits per heavy atom. The summed E-state index contributed by atoms with van der Waals surface area (Å²) in [7, 11) is -4.18. The Hall–Kier alpha value is -0.400. The molecule has 6 nitrogen and oxygen atoms in total. The van der Waals surface area contributed by atoms with Crippen LogP contribution in [0.3, 0.4) is 0 Å². The number of aliphatic hydroxyl groups excluding tert-OH is 1. The van der Waals surface area contributed by atoms with Crippen molar-refractivity contribution in [3.8, 4) is 5.75 Å². The van der Waals surface area contributed by atoms with Gasteiger partial charge in [-0.2, -0.15) is 0 Å². The van der Waals surface area contributed by atoms with Gasteiger partial charge in [0.05, 0.1) is 6.10 Å². The maximum absolute atomic E-state index is 10.8. The van der Waals surface area contributed by atoms with Crippen LogP contribution in [0.25, 0.3) is 0 Å². The molecule has 0 heterocycles. The Balaban J connectivity index is 0.00000364. The van der Waals surface area contributed by atoms with E-state index in [0.29, 0.717) is 17.3 Å². The molecule has 0 saturated carbocycles. The number of hydrogen-bond donors (Lipinski definition) is 4. The fourth-order valence-corrected chi connectivity index (χ4v) is 2.97. The Bertz CT molecular complexity index is 762. The van der Waals surface area contributed by atoms with E-state index in [4.69, 9.17) is 26.1 Å². The summed E-state index contributed by atoms with van der Waals surface area (Å²) in [6.07, 6.45) is -0.535. The first kappa shape index (κ1) is 24.6. The number of hydrogen-bond acceptors (Lipinski definition) is 4. The second kappa shape index (κ2) is 11.6. The molecule has 0 saturated heterocycles. The predicted octanol–water partition coefficient (Wildman–Crippen LogP) is 0.225. The van der Waals surface area contributed by atoms with Gasteiger partial charge in [0, 0.05) is 17.6 Å². The van der Waals surface area contributed by atoms with Crippen molar-refractivity contribution in [1.29, 1.82) is 0 Å². The van der Waals surface area contributed by atoms with Gasteiger partial charge in [-0.05, 0) is 48.7 Å². The third kappa shape index (κ3) is 9.57. The normalized spacial score (nSPS) is 13.5. The first-order chi connectivity index (χ1) is 12.2. The average molecular weight is 424 g/mol. The SMILES string of the molecule is CC(Cc1ccc(OCP(=O)(O)O)cc1)NCC(O)c1cccc(Cl)c1.[H-].[Na+]. The maximum atomic E-state index is 10.8. The van der Waals surface area contributed by atoms with Crippen LogP contribution in [-0.4, -0.2) is 33.8 Å². The smallest absolute Gasteiger partial charge is 1.00 e. The second-order valence-electron chi connectivity index (χ2n) is 6.17. The molecule has 144 valence electrons. The number of nitrogens with one attached hydrogen (secondary N) is 1. The molecule has 9 heteroatoms. The molecule has 2 aromatic rings. The second-order valence-corrected chi connectivity index (χ2v) is 8.19. The van der Waals surface area contributed by atoms with Crippen molar-refractivity contribution in [2.24, 2.45) is 0 Å². The topological polar surface area (TPSA) is 99.0 Å². The van der Waals surface area contributed by atoms with E-state index in [1.807, 2.05) is 25.1 Å². The number of ether oxygens (including phenoxy) is 1. The molecule has 0 aliphatic carbocycles. The zero-order chi connectivity index (χ0) is 19.2. The average Bonchev–Trinajstić information content (AvgIpc) is 2.58. The van der Waals surface area contributed by atoms with Crippen LogP contribution in [0.2, 0.25) is 5.02 Å². The molecule has 4 N–H and O–H groups in total. The van der Waals surface area contributed by atoms with Gasteiger partial charge in [-0.1, -0.05) is 35.9 Å². The van der Waals surface area contributed by atoms with Crippen LogP contribution in [0.4, 0.5) is 0 Å². The zero-order valence-corrected chi connectivity index (χ0v) is 19.0. The molecule has 2 atom stereocenters. The van der Waals surface area contributed by atoms with E-state index in [1.165, 1.54) is 0 Å². The van der Waals surface area contributed by atoms with Gasteiger partial charge in [0.15, 0.2) is 6.35 Å². The summed E-state index contributed by atoms with van der Waals surface area (Å²) in [5, 5.41) is 14.1. The molecule has 0 bridgehead atoms. The molecule has 2 rings (SSSR count). The third-order valence-corrected chi connectivity index (χ3v) is 4.46. The molecule has 0 fully saturated rings. The Kier molecular flexibility index (Phi) is 10.6. The van der Waals surface area contributed by atoms with Crippen molar-refractivity contribution in [2.45, 2.75) is 25.5 Å². The quantitative estimate of drug-likeness (QED) is 0.340. The Morgan fingerprint density at radius 2 is 1.89 bits per heavy atom. The van der Waals surface area contributed by atoms with Gasteiger partial charge < -0.3 is 26.4 Å². The minimum absolute atomic E-state index is 0. The van der Waals surface area contributed by atoms with E-state index < -0.39 is 20.0 Å². The third-order valence-electron chi connectivity index (χ3n) is 3.76. The summed E-state index contributed by atoms with van der Waals surface area (Å²) < 4.78 is 15.8. The van der Waals surface area contributed by atoms with E-state index in [9.17, 15) is 9.67 Å². The van der Waals surface area contributed by atoms with Gasteiger partial charge in [0.25, 0.3) is 0 Å². The van der Waals surface area contributed by atoms with Gasteiger partial charge in [-0.3, -0.25) is 4.57 Å². The largest absolute Gasteiger partial charge is 1.00 e. The molecule has 0 amide bonds. The molecular formula is C18H24ClNNaO5P. The summed E-state index contributed by atoms with van der Waals surface area (Å²) in [5.74, 6) is 0.411.